The van der Waals surface area contributed by atoms with Gasteiger partial charge in [-0.3, -0.25) is 9.59 Å². The summed E-state index contributed by atoms with van der Waals surface area (Å²) in [7, 11) is 0. The Morgan fingerprint density at radius 2 is 1.62 bits per heavy atom. The standard InChI is InChI=1S/C26H24N2O4/c1-2-24(30)18-12-14-21(15-13-18)32-17-20(29)16-28-26(31)23-11-7-6-10-22(23)25(27-28)19-8-4-3-5-9-19/h3-15,20,29H,2,16-17H2,1H3/t20-/m1/s1. The highest BCUT2D eigenvalue weighted by Gasteiger charge is 2.15. The number of nitrogens with zero attached hydrogens (tertiary/aromatic N) is 2. The average Bonchev–Trinajstić information content (AvgIpc) is 2.85. The fourth-order valence-electron chi connectivity index (χ4n) is 3.55. The minimum atomic E-state index is -0.943. The van der Waals surface area contributed by atoms with Crippen molar-refractivity contribution in [1.82, 2.24) is 9.78 Å². The highest BCUT2D eigenvalue weighted by Crippen LogP contribution is 2.24. The van der Waals surface area contributed by atoms with Crippen LogP contribution in [-0.2, 0) is 6.54 Å². The summed E-state index contributed by atoms with van der Waals surface area (Å²) in [5.41, 5.74) is 1.94. The van der Waals surface area contributed by atoms with E-state index in [0.717, 1.165) is 10.9 Å². The third kappa shape index (κ3) is 4.60. The summed E-state index contributed by atoms with van der Waals surface area (Å²) in [5.74, 6) is 0.605. The molecule has 0 spiro atoms. The van der Waals surface area contributed by atoms with E-state index in [0.29, 0.717) is 28.8 Å². The number of ether oxygens (including phenoxy) is 1. The number of benzene rings is 3. The van der Waals surface area contributed by atoms with Crippen LogP contribution in [0.4, 0.5) is 0 Å². The average molecular weight is 428 g/mol. The van der Waals surface area contributed by atoms with E-state index in [2.05, 4.69) is 5.10 Å². The van der Waals surface area contributed by atoms with Crippen LogP contribution in [0.2, 0.25) is 0 Å². The first kappa shape index (κ1) is 21.5. The van der Waals surface area contributed by atoms with Crippen LogP contribution in [0.15, 0.2) is 83.7 Å². The maximum absolute atomic E-state index is 13.0. The van der Waals surface area contributed by atoms with Crippen LogP contribution < -0.4 is 10.3 Å². The van der Waals surface area contributed by atoms with E-state index in [4.69, 9.17) is 4.74 Å². The Balaban J connectivity index is 1.54. The molecule has 0 radical (unpaired) electrons. The van der Waals surface area contributed by atoms with Crippen molar-refractivity contribution >= 4 is 16.6 Å². The van der Waals surface area contributed by atoms with Gasteiger partial charge in [-0.15, -0.1) is 0 Å². The second-order valence-electron chi connectivity index (χ2n) is 7.51. The van der Waals surface area contributed by atoms with Crippen molar-refractivity contribution in [2.24, 2.45) is 0 Å². The first-order valence-electron chi connectivity index (χ1n) is 10.6. The van der Waals surface area contributed by atoms with E-state index in [1.807, 2.05) is 55.5 Å². The first-order chi connectivity index (χ1) is 15.6. The Morgan fingerprint density at radius 1 is 0.969 bits per heavy atom. The SMILES string of the molecule is CCC(=O)c1ccc(OC[C@H](O)Cn2nc(-c3ccccc3)c3ccccc3c2=O)cc1. The minimum absolute atomic E-state index is 0.00406. The molecule has 0 bridgehead atoms. The Labute approximate surface area is 185 Å². The topological polar surface area (TPSA) is 81.4 Å². The summed E-state index contributed by atoms with van der Waals surface area (Å²) in [6.45, 7) is 1.80. The summed E-state index contributed by atoms with van der Waals surface area (Å²) in [5, 5.41) is 16.4. The second-order valence-corrected chi connectivity index (χ2v) is 7.51. The van der Waals surface area contributed by atoms with E-state index in [9.17, 15) is 14.7 Å². The molecule has 0 saturated carbocycles. The van der Waals surface area contributed by atoms with E-state index >= 15 is 0 Å². The fourth-order valence-corrected chi connectivity index (χ4v) is 3.55. The zero-order chi connectivity index (χ0) is 22.5. The third-order valence-electron chi connectivity index (χ3n) is 5.24. The third-order valence-corrected chi connectivity index (χ3v) is 5.24. The Bertz CT molecular complexity index is 1280. The van der Waals surface area contributed by atoms with Crippen molar-refractivity contribution in [1.29, 1.82) is 0 Å². The van der Waals surface area contributed by atoms with Gasteiger partial charge >= 0.3 is 0 Å². The van der Waals surface area contributed by atoms with Crippen LogP contribution in [0.1, 0.15) is 23.7 Å². The molecule has 0 saturated heterocycles. The number of aliphatic hydroxyl groups is 1. The second kappa shape index (κ2) is 9.58. The molecule has 0 unspecified atom stereocenters. The molecule has 1 aromatic heterocycles. The van der Waals surface area contributed by atoms with Gasteiger partial charge in [-0.25, -0.2) is 4.68 Å². The number of ketones is 1. The van der Waals surface area contributed by atoms with Crippen LogP contribution in [0.5, 0.6) is 5.75 Å². The smallest absolute Gasteiger partial charge is 0.274 e. The largest absolute Gasteiger partial charge is 0.491 e. The van der Waals surface area contributed by atoms with Gasteiger partial charge in [0.05, 0.1) is 17.6 Å². The zero-order valence-corrected chi connectivity index (χ0v) is 17.8. The van der Waals surface area contributed by atoms with Crippen LogP contribution in [0, 0.1) is 0 Å². The van der Waals surface area contributed by atoms with Crippen molar-refractivity contribution in [3.05, 3.63) is 94.8 Å². The molecule has 0 amide bonds. The summed E-state index contributed by atoms with van der Waals surface area (Å²) in [6.07, 6.45) is -0.501. The van der Waals surface area contributed by atoms with Crippen molar-refractivity contribution < 1.29 is 14.6 Å². The highest BCUT2D eigenvalue weighted by atomic mass is 16.5. The maximum Gasteiger partial charge on any atom is 0.274 e. The molecule has 4 aromatic rings. The normalized spacial score (nSPS) is 11.9. The molecule has 1 N–H and O–H groups in total. The molecule has 32 heavy (non-hydrogen) atoms. The summed E-state index contributed by atoms with van der Waals surface area (Å²) >= 11 is 0. The van der Waals surface area contributed by atoms with E-state index in [-0.39, 0.29) is 24.5 Å². The van der Waals surface area contributed by atoms with E-state index in [1.165, 1.54) is 4.68 Å². The van der Waals surface area contributed by atoms with Crippen LogP contribution in [0.25, 0.3) is 22.0 Å². The molecule has 0 fully saturated rings. The number of aliphatic hydroxyl groups excluding tert-OH is 1. The summed E-state index contributed by atoms with van der Waals surface area (Å²) in [6, 6.07) is 23.8. The molecular formula is C26H24N2O4. The molecule has 3 aromatic carbocycles. The number of aromatic nitrogens is 2. The lowest BCUT2D eigenvalue weighted by Crippen LogP contribution is -2.32. The van der Waals surface area contributed by atoms with Crippen molar-refractivity contribution in [2.45, 2.75) is 26.0 Å². The number of carbonyl (C=O) groups excluding carboxylic acids is 1. The van der Waals surface area contributed by atoms with Gasteiger partial charge in [-0.1, -0.05) is 55.5 Å². The Morgan fingerprint density at radius 3 is 2.31 bits per heavy atom. The number of rotatable bonds is 8. The molecule has 0 aliphatic carbocycles. The number of fused-ring (bicyclic) bond motifs is 1. The van der Waals surface area contributed by atoms with E-state index in [1.54, 1.807) is 30.3 Å². The maximum atomic E-state index is 13.0. The monoisotopic (exact) mass is 428 g/mol. The van der Waals surface area contributed by atoms with Gasteiger partial charge < -0.3 is 9.84 Å². The van der Waals surface area contributed by atoms with Gasteiger partial charge in [0.15, 0.2) is 5.78 Å². The lowest BCUT2D eigenvalue weighted by Gasteiger charge is -2.15. The van der Waals surface area contributed by atoms with Crippen LogP contribution >= 0.6 is 0 Å². The van der Waals surface area contributed by atoms with E-state index < -0.39 is 6.10 Å². The zero-order valence-electron chi connectivity index (χ0n) is 17.8. The minimum Gasteiger partial charge on any atom is -0.491 e. The highest BCUT2D eigenvalue weighted by molar-refractivity contribution is 5.96. The number of Topliss-reactive ketones (excluding diaryl/α,β-unsaturated/α-hetero) is 1. The predicted octanol–water partition coefficient (Wildman–Crippen LogP) is 4.10. The van der Waals surface area contributed by atoms with Gasteiger partial charge in [0.2, 0.25) is 0 Å². The fraction of sp³-hybridized carbons (Fsp3) is 0.192. The summed E-state index contributed by atoms with van der Waals surface area (Å²) < 4.78 is 6.94. The molecule has 1 heterocycles. The van der Waals surface area contributed by atoms with Crippen LogP contribution in [-0.4, -0.2) is 33.4 Å². The molecule has 6 nitrogen and oxygen atoms in total. The van der Waals surface area contributed by atoms with Crippen molar-refractivity contribution in [3.8, 4) is 17.0 Å². The summed E-state index contributed by atoms with van der Waals surface area (Å²) in [4.78, 5) is 24.7. The lowest BCUT2D eigenvalue weighted by atomic mass is 10.1. The van der Waals surface area contributed by atoms with Gasteiger partial charge in [-0.05, 0) is 30.3 Å². The molecule has 162 valence electrons. The van der Waals surface area contributed by atoms with Crippen LogP contribution in [0.3, 0.4) is 0 Å². The van der Waals surface area contributed by atoms with Gasteiger partial charge in [-0.2, -0.15) is 5.10 Å². The quantitative estimate of drug-likeness (QED) is 0.428. The predicted molar refractivity (Wildman–Crippen MR) is 124 cm³/mol. The Hall–Kier alpha value is -3.77. The molecule has 1 atom stereocenters. The number of hydrogen-bond donors (Lipinski definition) is 1. The molecule has 0 aliphatic rings. The molecule has 4 rings (SSSR count). The van der Waals surface area contributed by atoms with Crippen molar-refractivity contribution in [2.75, 3.05) is 6.61 Å². The Kier molecular flexibility index (Phi) is 6.42. The number of carbonyl (C=O) groups is 1. The molecular weight excluding hydrogens is 404 g/mol. The number of hydrogen-bond acceptors (Lipinski definition) is 5. The van der Waals surface area contributed by atoms with Gasteiger partial charge in [0.25, 0.3) is 5.56 Å². The first-order valence-corrected chi connectivity index (χ1v) is 10.6. The lowest BCUT2D eigenvalue weighted by molar-refractivity contribution is 0.0881. The van der Waals surface area contributed by atoms with Gasteiger partial charge in [0, 0.05) is 22.9 Å². The van der Waals surface area contributed by atoms with Gasteiger partial charge in [0.1, 0.15) is 18.5 Å². The molecule has 0 aliphatic heterocycles. The molecule has 6 heteroatoms. The van der Waals surface area contributed by atoms with Crippen molar-refractivity contribution in [3.63, 3.8) is 0 Å².